The number of benzene rings is 1. The van der Waals surface area contributed by atoms with Crippen molar-refractivity contribution in [1.82, 2.24) is 15.2 Å². The van der Waals surface area contributed by atoms with Crippen LogP contribution in [-0.4, -0.2) is 41.0 Å². The zero-order valence-electron chi connectivity index (χ0n) is 16.0. The van der Waals surface area contributed by atoms with Crippen LogP contribution in [0, 0.1) is 11.5 Å². The molecular weight excluding hydrogens is 354 g/mol. The van der Waals surface area contributed by atoms with E-state index in [-0.39, 0.29) is 6.42 Å². The molecule has 2 N–H and O–H groups in total. The number of carboxylic acid groups (broad SMARTS) is 1. The summed E-state index contributed by atoms with van der Waals surface area (Å²) in [5.41, 5.74) is 3.56. The van der Waals surface area contributed by atoms with Gasteiger partial charge in [0.2, 0.25) is 5.96 Å². The summed E-state index contributed by atoms with van der Waals surface area (Å²) in [5, 5.41) is 20.3. The number of nitriles is 1. The molecule has 144 valence electrons. The van der Waals surface area contributed by atoms with Crippen molar-refractivity contribution >= 4 is 23.2 Å². The number of aromatic nitrogens is 1. The summed E-state index contributed by atoms with van der Waals surface area (Å²) in [4.78, 5) is 21.2. The van der Waals surface area contributed by atoms with Gasteiger partial charge in [-0.3, -0.25) is 15.1 Å². The van der Waals surface area contributed by atoms with E-state index in [1.54, 1.807) is 31.4 Å². The first-order chi connectivity index (χ1) is 13.5. The zero-order chi connectivity index (χ0) is 20.4. The highest BCUT2D eigenvalue weighted by Gasteiger charge is 2.08. The molecule has 0 spiro atoms. The van der Waals surface area contributed by atoms with E-state index >= 15 is 0 Å². The summed E-state index contributed by atoms with van der Waals surface area (Å²) in [6.07, 6.45) is 8.74. The predicted molar refractivity (Wildman–Crippen MR) is 109 cm³/mol. The molecule has 7 heteroatoms. The summed E-state index contributed by atoms with van der Waals surface area (Å²) < 4.78 is 0. The molecule has 0 fully saturated rings. The third-order valence-electron chi connectivity index (χ3n) is 3.90. The number of nitrogens with one attached hydrogen (secondary N) is 1. The Morgan fingerprint density at radius 1 is 1.32 bits per heavy atom. The second-order valence-electron chi connectivity index (χ2n) is 6.26. The maximum atomic E-state index is 10.8. The van der Waals surface area contributed by atoms with E-state index < -0.39 is 5.97 Å². The van der Waals surface area contributed by atoms with Gasteiger partial charge in [0.1, 0.15) is 0 Å². The quantitative estimate of drug-likeness (QED) is 0.252. The average molecular weight is 377 g/mol. The number of aliphatic imine (C=N–C) groups is 1. The first-order valence-electron chi connectivity index (χ1n) is 8.85. The van der Waals surface area contributed by atoms with E-state index in [1.807, 2.05) is 48.7 Å². The number of hydrogen-bond donors (Lipinski definition) is 2. The number of hydrogen-bond acceptors (Lipinski definition) is 4. The number of carboxylic acids is 1. The molecule has 0 atom stereocenters. The number of unbranched alkanes of at least 4 members (excludes halogenated alkanes) is 1. The molecule has 2 aromatic rings. The van der Waals surface area contributed by atoms with Crippen molar-refractivity contribution in [3.8, 4) is 6.19 Å². The third-order valence-corrected chi connectivity index (χ3v) is 3.90. The fourth-order valence-electron chi connectivity index (χ4n) is 2.58. The van der Waals surface area contributed by atoms with E-state index in [0.29, 0.717) is 24.5 Å². The largest absolute Gasteiger partial charge is 0.481 e. The molecule has 0 amide bonds. The SMILES string of the molecule is CN(C)C(=Nc1cccc(C(=CCCCC(=O)O)c2cccnc2)c1)NC#N. The van der Waals surface area contributed by atoms with Gasteiger partial charge in [0.05, 0.1) is 5.69 Å². The van der Waals surface area contributed by atoms with Gasteiger partial charge >= 0.3 is 5.97 Å². The lowest BCUT2D eigenvalue weighted by atomic mass is 9.97. The van der Waals surface area contributed by atoms with Crippen LogP contribution >= 0.6 is 0 Å². The summed E-state index contributed by atoms with van der Waals surface area (Å²) in [7, 11) is 3.60. The summed E-state index contributed by atoms with van der Waals surface area (Å²) in [6, 6.07) is 11.5. The lowest BCUT2D eigenvalue weighted by molar-refractivity contribution is -0.137. The van der Waals surface area contributed by atoms with Crippen molar-refractivity contribution < 1.29 is 9.90 Å². The first kappa shape index (κ1) is 20.6. The maximum Gasteiger partial charge on any atom is 0.303 e. The lowest BCUT2D eigenvalue weighted by Gasteiger charge is -2.14. The second kappa shape index (κ2) is 10.5. The normalized spacial score (nSPS) is 11.6. The number of pyridine rings is 1. The van der Waals surface area contributed by atoms with E-state index in [1.165, 1.54) is 0 Å². The van der Waals surface area contributed by atoms with Gasteiger partial charge in [-0.1, -0.05) is 24.3 Å². The second-order valence-corrected chi connectivity index (χ2v) is 6.26. The van der Waals surface area contributed by atoms with Gasteiger partial charge in [0.25, 0.3) is 0 Å². The van der Waals surface area contributed by atoms with E-state index in [4.69, 9.17) is 10.4 Å². The molecule has 0 bridgehead atoms. The number of guanidine groups is 1. The van der Waals surface area contributed by atoms with Crippen LogP contribution < -0.4 is 5.32 Å². The molecule has 1 heterocycles. The molecule has 0 radical (unpaired) electrons. The first-order valence-corrected chi connectivity index (χ1v) is 8.85. The Balaban J connectivity index is 2.38. The van der Waals surface area contributed by atoms with Crippen LogP contribution in [0.1, 0.15) is 30.4 Å². The number of carbonyl (C=O) groups is 1. The van der Waals surface area contributed by atoms with Crippen molar-refractivity contribution in [3.05, 3.63) is 66.0 Å². The van der Waals surface area contributed by atoms with Crippen LogP contribution in [0.4, 0.5) is 5.69 Å². The Hall–Kier alpha value is -3.66. The molecule has 0 aliphatic heterocycles. The molecule has 0 unspecified atom stereocenters. The minimum absolute atomic E-state index is 0.132. The minimum atomic E-state index is -0.797. The topological polar surface area (TPSA) is 102 Å². The minimum Gasteiger partial charge on any atom is -0.481 e. The van der Waals surface area contributed by atoms with E-state index in [9.17, 15) is 4.79 Å². The van der Waals surface area contributed by atoms with Crippen LogP contribution in [0.3, 0.4) is 0 Å². The molecule has 0 aliphatic rings. The van der Waals surface area contributed by atoms with Gasteiger partial charge < -0.3 is 10.0 Å². The molecule has 1 aromatic carbocycles. The van der Waals surface area contributed by atoms with Crippen molar-refractivity contribution in [2.24, 2.45) is 4.99 Å². The molecular formula is C21H23N5O2. The average Bonchev–Trinajstić information content (AvgIpc) is 2.68. The van der Waals surface area contributed by atoms with Crippen molar-refractivity contribution in [1.29, 1.82) is 5.26 Å². The fourth-order valence-corrected chi connectivity index (χ4v) is 2.58. The number of rotatable bonds is 7. The Kier molecular flexibility index (Phi) is 7.73. The van der Waals surface area contributed by atoms with Gasteiger partial charge in [0.15, 0.2) is 6.19 Å². The van der Waals surface area contributed by atoms with Gasteiger partial charge in [-0.15, -0.1) is 0 Å². The van der Waals surface area contributed by atoms with Gasteiger partial charge in [-0.05, 0) is 42.2 Å². The van der Waals surface area contributed by atoms with Crippen molar-refractivity contribution in [3.63, 3.8) is 0 Å². The summed E-state index contributed by atoms with van der Waals surface area (Å²) in [5.74, 6) is -0.359. The van der Waals surface area contributed by atoms with Crippen molar-refractivity contribution in [2.75, 3.05) is 14.1 Å². The van der Waals surface area contributed by atoms with Crippen LogP contribution in [0.25, 0.3) is 5.57 Å². The molecule has 28 heavy (non-hydrogen) atoms. The maximum absolute atomic E-state index is 10.8. The Bertz CT molecular complexity index is 899. The van der Waals surface area contributed by atoms with E-state index in [0.717, 1.165) is 16.7 Å². The summed E-state index contributed by atoms with van der Waals surface area (Å²) in [6.45, 7) is 0. The van der Waals surface area contributed by atoms with Crippen LogP contribution in [0.5, 0.6) is 0 Å². The van der Waals surface area contributed by atoms with Gasteiger partial charge in [0, 0.05) is 38.5 Å². The molecule has 0 saturated heterocycles. The fraction of sp³-hybridized carbons (Fsp3) is 0.238. The molecule has 0 aliphatic carbocycles. The van der Waals surface area contributed by atoms with Crippen LogP contribution in [0.2, 0.25) is 0 Å². The monoisotopic (exact) mass is 377 g/mol. The summed E-state index contributed by atoms with van der Waals surface area (Å²) >= 11 is 0. The highest BCUT2D eigenvalue weighted by Crippen LogP contribution is 2.27. The van der Waals surface area contributed by atoms with Crippen molar-refractivity contribution in [2.45, 2.75) is 19.3 Å². The predicted octanol–water partition coefficient (Wildman–Crippen LogP) is 3.39. The smallest absolute Gasteiger partial charge is 0.303 e. The number of nitrogens with zero attached hydrogens (tertiary/aromatic N) is 4. The number of aliphatic carboxylic acids is 1. The molecule has 0 saturated carbocycles. The highest BCUT2D eigenvalue weighted by molar-refractivity contribution is 5.85. The van der Waals surface area contributed by atoms with Gasteiger partial charge in [-0.2, -0.15) is 5.26 Å². The highest BCUT2D eigenvalue weighted by atomic mass is 16.4. The Morgan fingerprint density at radius 3 is 2.75 bits per heavy atom. The van der Waals surface area contributed by atoms with Crippen LogP contribution in [0.15, 0.2) is 59.9 Å². The molecule has 1 aromatic heterocycles. The molecule has 7 nitrogen and oxygen atoms in total. The Labute approximate surface area is 164 Å². The molecule has 2 rings (SSSR count). The zero-order valence-corrected chi connectivity index (χ0v) is 16.0. The lowest BCUT2D eigenvalue weighted by Crippen LogP contribution is -2.32. The third kappa shape index (κ3) is 6.25. The standard InChI is InChI=1S/C21H23N5O2/c1-26(2)21(24-15-22)25-18-9-5-7-16(13-18)19(10-3-4-11-20(27)28)17-8-6-12-23-14-17/h5-10,12-14H,3-4,11H2,1-2H3,(H,24,25)(H,27,28). The Morgan fingerprint density at radius 2 is 2.11 bits per heavy atom. The number of allylic oxidation sites excluding steroid dienone is 1. The van der Waals surface area contributed by atoms with Gasteiger partial charge in [-0.25, -0.2) is 4.99 Å². The van der Waals surface area contributed by atoms with E-state index in [2.05, 4.69) is 15.3 Å². The van der Waals surface area contributed by atoms with Crippen LogP contribution in [-0.2, 0) is 4.79 Å².